The minimum Gasteiger partial charge on any atom is -0.442 e. The van der Waals surface area contributed by atoms with Gasteiger partial charge >= 0.3 is 6.09 Å². The van der Waals surface area contributed by atoms with Gasteiger partial charge in [0.05, 0.1) is 0 Å². The second-order valence-electron chi connectivity index (χ2n) is 4.21. The minimum atomic E-state index is -0.245. The van der Waals surface area contributed by atoms with Gasteiger partial charge in [-0.1, -0.05) is 6.08 Å². The molecule has 3 nitrogen and oxygen atoms in total. The first-order valence-corrected chi connectivity index (χ1v) is 5.51. The second kappa shape index (κ2) is 6.49. The highest BCUT2D eigenvalue weighted by molar-refractivity contribution is 5.68. The first-order valence-electron chi connectivity index (χ1n) is 5.51. The average molecular weight is 213 g/mol. The molecule has 0 aliphatic carbocycles. The van der Waals surface area contributed by atoms with Crippen LogP contribution >= 0.6 is 0 Å². The molecule has 0 radical (unpaired) electrons. The molecule has 0 aliphatic heterocycles. The number of amides is 1. The van der Waals surface area contributed by atoms with Crippen molar-refractivity contribution >= 4 is 6.09 Å². The number of nitrogens with zero attached hydrogens (tertiary/aromatic N) is 1. The molecular weight excluding hydrogens is 190 g/mol. The predicted molar refractivity (Wildman–Crippen MR) is 62.9 cm³/mol. The van der Waals surface area contributed by atoms with Gasteiger partial charge in [0.25, 0.3) is 0 Å². The van der Waals surface area contributed by atoms with E-state index in [2.05, 4.69) is 0 Å². The van der Waals surface area contributed by atoms with E-state index in [1.54, 1.807) is 4.90 Å². The molecule has 0 saturated carbocycles. The fraction of sp³-hybridized carbons (Fsp3) is 0.750. The van der Waals surface area contributed by atoms with Crippen molar-refractivity contribution in [2.75, 3.05) is 0 Å². The van der Waals surface area contributed by atoms with E-state index < -0.39 is 0 Å². The molecule has 0 saturated heterocycles. The Morgan fingerprint density at radius 2 is 1.60 bits per heavy atom. The Hall–Kier alpha value is -0.990. The van der Waals surface area contributed by atoms with Gasteiger partial charge in [-0.25, -0.2) is 4.79 Å². The Bertz CT molecular complexity index is 214. The molecule has 1 amide bonds. The van der Waals surface area contributed by atoms with Crippen molar-refractivity contribution in [2.45, 2.75) is 59.7 Å². The molecule has 15 heavy (non-hydrogen) atoms. The third kappa shape index (κ3) is 4.86. The van der Waals surface area contributed by atoms with E-state index in [1.165, 1.54) is 0 Å². The Morgan fingerprint density at radius 3 is 1.93 bits per heavy atom. The molecule has 0 unspecified atom stereocenters. The Kier molecular flexibility index (Phi) is 6.06. The molecule has 0 aromatic carbocycles. The number of carbonyl (C=O) groups is 1. The van der Waals surface area contributed by atoms with Gasteiger partial charge < -0.3 is 9.64 Å². The molecule has 1 atom stereocenters. The molecule has 0 fully saturated rings. The van der Waals surface area contributed by atoms with E-state index in [0.29, 0.717) is 0 Å². The molecule has 0 rings (SSSR count). The molecule has 0 spiro atoms. The monoisotopic (exact) mass is 213 g/mol. The lowest BCUT2D eigenvalue weighted by atomic mass is 10.2. The van der Waals surface area contributed by atoms with Crippen LogP contribution in [0.1, 0.15) is 41.5 Å². The summed E-state index contributed by atoms with van der Waals surface area (Å²) in [6.45, 7) is 11.7. The predicted octanol–water partition coefficient (Wildman–Crippen LogP) is 3.21. The van der Waals surface area contributed by atoms with Crippen molar-refractivity contribution in [3.05, 3.63) is 12.2 Å². The van der Waals surface area contributed by atoms with Gasteiger partial charge in [0.2, 0.25) is 0 Å². The van der Waals surface area contributed by atoms with Crippen LogP contribution in [0.4, 0.5) is 4.79 Å². The zero-order valence-corrected chi connectivity index (χ0v) is 10.7. The molecule has 88 valence electrons. The molecule has 3 heteroatoms. The summed E-state index contributed by atoms with van der Waals surface area (Å²) in [6.07, 6.45) is 3.33. The van der Waals surface area contributed by atoms with E-state index in [4.69, 9.17) is 4.74 Å². The van der Waals surface area contributed by atoms with Crippen molar-refractivity contribution in [2.24, 2.45) is 0 Å². The van der Waals surface area contributed by atoms with E-state index in [1.807, 2.05) is 53.7 Å². The Labute approximate surface area is 93.1 Å². The van der Waals surface area contributed by atoms with Gasteiger partial charge in [0.15, 0.2) is 0 Å². The van der Waals surface area contributed by atoms with Gasteiger partial charge in [-0.05, 0) is 47.6 Å². The van der Waals surface area contributed by atoms with Crippen LogP contribution in [0.2, 0.25) is 0 Å². The van der Waals surface area contributed by atoms with Crippen LogP contribution in [0.3, 0.4) is 0 Å². The van der Waals surface area contributed by atoms with Crippen LogP contribution in [0, 0.1) is 0 Å². The quantitative estimate of drug-likeness (QED) is 0.671. The summed E-state index contributed by atoms with van der Waals surface area (Å²) in [6, 6.07) is 0.325. The van der Waals surface area contributed by atoms with Crippen molar-refractivity contribution in [1.29, 1.82) is 0 Å². The average Bonchev–Trinajstić information content (AvgIpc) is 2.01. The van der Waals surface area contributed by atoms with Crippen LogP contribution in [0.15, 0.2) is 12.2 Å². The highest BCUT2D eigenvalue weighted by Gasteiger charge is 2.22. The van der Waals surface area contributed by atoms with Gasteiger partial charge in [-0.2, -0.15) is 0 Å². The van der Waals surface area contributed by atoms with Crippen molar-refractivity contribution in [1.82, 2.24) is 4.90 Å². The highest BCUT2D eigenvalue weighted by atomic mass is 16.6. The number of hydrogen-bond acceptors (Lipinski definition) is 2. The summed E-state index contributed by atoms with van der Waals surface area (Å²) in [5.41, 5.74) is 0. The van der Waals surface area contributed by atoms with Crippen LogP contribution in [0.25, 0.3) is 0 Å². The van der Waals surface area contributed by atoms with Crippen LogP contribution in [-0.2, 0) is 4.74 Å². The fourth-order valence-electron chi connectivity index (χ4n) is 1.55. The van der Waals surface area contributed by atoms with Gasteiger partial charge in [0.1, 0.15) is 6.10 Å². The lowest BCUT2D eigenvalue weighted by Crippen LogP contribution is -2.43. The fourth-order valence-corrected chi connectivity index (χ4v) is 1.55. The summed E-state index contributed by atoms with van der Waals surface area (Å²) in [7, 11) is 0. The van der Waals surface area contributed by atoms with Gasteiger partial charge in [-0.3, -0.25) is 0 Å². The summed E-state index contributed by atoms with van der Waals surface area (Å²) >= 11 is 0. The number of ether oxygens (including phenoxy) is 1. The normalized spacial score (nSPS) is 13.6. The van der Waals surface area contributed by atoms with E-state index in [-0.39, 0.29) is 24.3 Å². The van der Waals surface area contributed by atoms with Crippen molar-refractivity contribution in [3.8, 4) is 0 Å². The zero-order chi connectivity index (χ0) is 12.0. The first-order chi connectivity index (χ1) is 6.90. The zero-order valence-electron chi connectivity index (χ0n) is 10.7. The summed E-state index contributed by atoms with van der Waals surface area (Å²) in [5, 5.41) is 0. The number of hydrogen-bond donors (Lipinski definition) is 0. The maximum absolute atomic E-state index is 11.8. The molecule has 0 heterocycles. The number of rotatable bonds is 4. The molecule has 0 aliphatic rings. The van der Waals surface area contributed by atoms with Crippen LogP contribution in [0.5, 0.6) is 0 Å². The Balaban J connectivity index is 4.39. The van der Waals surface area contributed by atoms with Crippen molar-refractivity contribution < 1.29 is 9.53 Å². The topological polar surface area (TPSA) is 29.5 Å². The van der Waals surface area contributed by atoms with E-state index in [0.717, 1.165) is 0 Å². The smallest absolute Gasteiger partial charge is 0.410 e. The first kappa shape index (κ1) is 14.0. The van der Waals surface area contributed by atoms with E-state index >= 15 is 0 Å². The highest BCUT2D eigenvalue weighted by Crippen LogP contribution is 2.09. The molecular formula is C12H23NO2. The van der Waals surface area contributed by atoms with Gasteiger partial charge in [0, 0.05) is 12.1 Å². The number of allylic oxidation sites excluding steroid dienone is 1. The van der Waals surface area contributed by atoms with Crippen LogP contribution in [-0.4, -0.2) is 29.2 Å². The van der Waals surface area contributed by atoms with E-state index in [9.17, 15) is 4.79 Å². The van der Waals surface area contributed by atoms with Gasteiger partial charge in [-0.15, -0.1) is 0 Å². The molecule has 0 bridgehead atoms. The minimum absolute atomic E-state index is 0.162. The summed E-state index contributed by atoms with van der Waals surface area (Å²) < 4.78 is 5.28. The second-order valence-corrected chi connectivity index (χ2v) is 4.21. The largest absolute Gasteiger partial charge is 0.442 e. The molecule has 0 N–H and O–H groups in total. The third-order valence-corrected chi connectivity index (χ3v) is 2.07. The maximum Gasteiger partial charge on any atom is 0.410 e. The third-order valence-electron chi connectivity index (χ3n) is 2.07. The van der Waals surface area contributed by atoms with Crippen molar-refractivity contribution in [3.63, 3.8) is 0 Å². The molecule has 0 aromatic rings. The summed E-state index contributed by atoms with van der Waals surface area (Å²) in [4.78, 5) is 13.5. The lowest BCUT2D eigenvalue weighted by Gasteiger charge is -2.30. The number of carbonyl (C=O) groups excluding carboxylic acids is 1. The summed E-state index contributed by atoms with van der Waals surface area (Å²) in [5.74, 6) is 0. The maximum atomic E-state index is 11.8. The Morgan fingerprint density at radius 1 is 1.13 bits per heavy atom. The SMILES string of the molecule is C/C=C/[C@H](C)OC(=O)N(C(C)C)C(C)C. The molecule has 0 aromatic heterocycles. The van der Waals surface area contributed by atoms with Crippen LogP contribution < -0.4 is 0 Å². The standard InChI is InChI=1S/C12H23NO2/c1-7-8-11(6)15-12(14)13(9(2)3)10(4)5/h7-11H,1-6H3/b8-7+/t11-/m0/s1. The lowest BCUT2D eigenvalue weighted by molar-refractivity contribution is 0.0653.